The Kier molecular flexibility index (Phi) is 5.36. The molecular formula is C20H21NO3S. The number of hydrogen-bond donors (Lipinski definition) is 1. The van der Waals surface area contributed by atoms with E-state index in [1.54, 1.807) is 0 Å². The minimum Gasteiger partial charge on any atom is -0.492 e. The number of ether oxygens (including phenoxy) is 1. The van der Waals surface area contributed by atoms with Crippen molar-refractivity contribution < 1.29 is 13.2 Å². The summed E-state index contributed by atoms with van der Waals surface area (Å²) >= 11 is 0. The van der Waals surface area contributed by atoms with Crippen LogP contribution >= 0.6 is 0 Å². The van der Waals surface area contributed by atoms with E-state index in [-0.39, 0.29) is 18.9 Å². The Morgan fingerprint density at radius 2 is 1.64 bits per heavy atom. The quantitative estimate of drug-likeness (QED) is 0.658. The molecule has 3 aromatic rings. The smallest absolute Gasteiger partial charge is 0.215 e. The molecule has 130 valence electrons. The largest absolute Gasteiger partial charge is 0.492 e. The van der Waals surface area contributed by atoms with E-state index in [0.717, 1.165) is 27.6 Å². The zero-order chi connectivity index (χ0) is 17.7. The molecule has 0 fully saturated rings. The molecular weight excluding hydrogens is 334 g/mol. The summed E-state index contributed by atoms with van der Waals surface area (Å²) in [5, 5.41) is 2.12. The molecule has 4 nitrogen and oxygen atoms in total. The van der Waals surface area contributed by atoms with Crippen molar-refractivity contribution in [2.75, 3.05) is 13.2 Å². The summed E-state index contributed by atoms with van der Waals surface area (Å²) in [6, 6.07) is 21.3. The molecule has 0 radical (unpaired) electrons. The van der Waals surface area contributed by atoms with Crippen LogP contribution in [-0.2, 0) is 15.8 Å². The van der Waals surface area contributed by atoms with Crippen LogP contribution < -0.4 is 9.46 Å². The Morgan fingerprint density at radius 1 is 0.920 bits per heavy atom. The molecule has 0 bridgehead atoms. The third-order valence-corrected chi connectivity index (χ3v) is 5.37. The molecule has 3 rings (SSSR count). The predicted molar refractivity (Wildman–Crippen MR) is 101 cm³/mol. The first-order chi connectivity index (χ1) is 12.1. The number of benzene rings is 3. The average molecular weight is 355 g/mol. The van der Waals surface area contributed by atoms with E-state index in [0.29, 0.717) is 0 Å². The molecule has 0 unspecified atom stereocenters. The summed E-state index contributed by atoms with van der Waals surface area (Å²) in [6.45, 7) is 2.42. The van der Waals surface area contributed by atoms with E-state index >= 15 is 0 Å². The van der Waals surface area contributed by atoms with E-state index in [2.05, 4.69) is 4.72 Å². The second-order valence-electron chi connectivity index (χ2n) is 5.91. The molecule has 0 saturated heterocycles. The van der Waals surface area contributed by atoms with Crippen molar-refractivity contribution in [3.05, 3.63) is 77.9 Å². The number of nitrogens with one attached hydrogen (secondary N) is 1. The molecule has 0 heterocycles. The Bertz CT molecular complexity index is 962. The van der Waals surface area contributed by atoms with Crippen LogP contribution in [-0.4, -0.2) is 21.6 Å². The topological polar surface area (TPSA) is 55.4 Å². The first kappa shape index (κ1) is 17.5. The second-order valence-corrected chi connectivity index (χ2v) is 7.71. The number of hydrogen-bond acceptors (Lipinski definition) is 3. The molecule has 0 amide bonds. The summed E-state index contributed by atoms with van der Waals surface area (Å²) in [6.07, 6.45) is 0. The number of sulfonamides is 1. The van der Waals surface area contributed by atoms with Crippen LogP contribution in [0, 0.1) is 6.92 Å². The van der Waals surface area contributed by atoms with Gasteiger partial charge in [0.15, 0.2) is 0 Å². The maximum atomic E-state index is 12.2. The van der Waals surface area contributed by atoms with Gasteiger partial charge >= 0.3 is 0 Å². The summed E-state index contributed by atoms with van der Waals surface area (Å²) in [5.41, 5.74) is 1.78. The van der Waals surface area contributed by atoms with Crippen LogP contribution in [0.3, 0.4) is 0 Å². The highest BCUT2D eigenvalue weighted by Crippen LogP contribution is 2.24. The van der Waals surface area contributed by atoms with Crippen LogP contribution in [0.15, 0.2) is 66.7 Å². The van der Waals surface area contributed by atoms with Crippen molar-refractivity contribution in [1.29, 1.82) is 0 Å². The monoisotopic (exact) mass is 355 g/mol. The van der Waals surface area contributed by atoms with Gasteiger partial charge in [0.2, 0.25) is 10.0 Å². The lowest BCUT2D eigenvalue weighted by Crippen LogP contribution is -2.29. The van der Waals surface area contributed by atoms with E-state index < -0.39 is 10.0 Å². The van der Waals surface area contributed by atoms with Crippen LogP contribution in [0.2, 0.25) is 0 Å². The van der Waals surface area contributed by atoms with Crippen molar-refractivity contribution in [1.82, 2.24) is 4.72 Å². The molecule has 25 heavy (non-hydrogen) atoms. The van der Waals surface area contributed by atoms with Gasteiger partial charge in [-0.25, -0.2) is 13.1 Å². The van der Waals surface area contributed by atoms with Gasteiger partial charge in [-0.05, 0) is 29.5 Å². The van der Waals surface area contributed by atoms with Gasteiger partial charge in [-0.1, -0.05) is 60.7 Å². The Labute approximate surface area is 148 Å². The maximum Gasteiger partial charge on any atom is 0.215 e. The summed E-state index contributed by atoms with van der Waals surface area (Å²) < 4.78 is 32.8. The van der Waals surface area contributed by atoms with Gasteiger partial charge in [0.1, 0.15) is 12.4 Å². The van der Waals surface area contributed by atoms with Crippen molar-refractivity contribution >= 4 is 20.8 Å². The lowest BCUT2D eigenvalue weighted by Gasteiger charge is -2.11. The number of rotatable bonds is 7. The zero-order valence-corrected chi connectivity index (χ0v) is 14.9. The summed E-state index contributed by atoms with van der Waals surface area (Å²) in [7, 11) is -3.38. The van der Waals surface area contributed by atoms with Crippen LogP contribution in [0.5, 0.6) is 5.75 Å². The van der Waals surface area contributed by atoms with Gasteiger partial charge in [-0.2, -0.15) is 0 Å². The van der Waals surface area contributed by atoms with Gasteiger partial charge < -0.3 is 4.74 Å². The molecule has 0 aliphatic carbocycles. The van der Waals surface area contributed by atoms with Gasteiger partial charge in [0, 0.05) is 11.9 Å². The Balaban J connectivity index is 1.56. The summed E-state index contributed by atoms with van der Waals surface area (Å²) in [5.74, 6) is 0.740. The van der Waals surface area contributed by atoms with Crippen LogP contribution in [0.25, 0.3) is 10.8 Å². The first-order valence-corrected chi connectivity index (χ1v) is 9.83. The highest BCUT2D eigenvalue weighted by molar-refractivity contribution is 7.88. The van der Waals surface area contributed by atoms with Gasteiger partial charge in [0.05, 0.1) is 5.75 Å². The molecule has 0 aromatic heterocycles. The third-order valence-electron chi connectivity index (χ3n) is 4.04. The van der Waals surface area contributed by atoms with E-state index in [4.69, 9.17) is 4.74 Å². The second kappa shape index (κ2) is 7.68. The van der Waals surface area contributed by atoms with Crippen LogP contribution in [0.1, 0.15) is 11.1 Å². The number of aryl methyl sites for hydroxylation is 1. The fraction of sp³-hybridized carbons (Fsp3) is 0.200. The molecule has 0 aliphatic rings. The van der Waals surface area contributed by atoms with E-state index in [1.807, 2.05) is 73.7 Å². The Morgan fingerprint density at radius 3 is 2.48 bits per heavy atom. The fourth-order valence-electron chi connectivity index (χ4n) is 2.71. The van der Waals surface area contributed by atoms with Gasteiger partial charge in [0.25, 0.3) is 0 Å². The SMILES string of the molecule is Cc1ccccc1CS(=O)(=O)NCCOc1cccc2ccccc12. The van der Waals surface area contributed by atoms with Gasteiger partial charge in [-0.15, -0.1) is 0 Å². The minimum atomic E-state index is -3.38. The lowest BCUT2D eigenvalue weighted by atomic mass is 10.1. The van der Waals surface area contributed by atoms with Crippen molar-refractivity contribution in [3.63, 3.8) is 0 Å². The van der Waals surface area contributed by atoms with Crippen molar-refractivity contribution in [2.45, 2.75) is 12.7 Å². The molecule has 0 spiro atoms. The zero-order valence-electron chi connectivity index (χ0n) is 14.1. The third kappa shape index (κ3) is 4.59. The number of fused-ring (bicyclic) bond motifs is 1. The van der Waals surface area contributed by atoms with Crippen molar-refractivity contribution in [2.24, 2.45) is 0 Å². The highest BCUT2D eigenvalue weighted by atomic mass is 32.2. The van der Waals surface area contributed by atoms with Crippen LogP contribution in [0.4, 0.5) is 0 Å². The first-order valence-electron chi connectivity index (χ1n) is 8.17. The van der Waals surface area contributed by atoms with E-state index in [9.17, 15) is 8.42 Å². The molecule has 0 atom stereocenters. The predicted octanol–water partition coefficient (Wildman–Crippen LogP) is 3.65. The minimum absolute atomic E-state index is 0.0199. The molecule has 3 aromatic carbocycles. The average Bonchev–Trinajstić information content (AvgIpc) is 2.61. The molecule has 0 aliphatic heterocycles. The standard InChI is InChI=1S/C20H21NO3S/c1-16-7-2-3-9-18(16)15-25(22,23)21-13-14-24-20-12-6-10-17-8-4-5-11-19(17)20/h2-12,21H,13-15H2,1H3. The van der Waals surface area contributed by atoms with Crippen molar-refractivity contribution in [3.8, 4) is 5.75 Å². The normalized spacial score (nSPS) is 11.6. The lowest BCUT2D eigenvalue weighted by molar-refractivity contribution is 0.326. The Hall–Kier alpha value is -2.37. The summed E-state index contributed by atoms with van der Waals surface area (Å²) in [4.78, 5) is 0. The fourth-order valence-corrected chi connectivity index (χ4v) is 3.94. The molecule has 1 N–H and O–H groups in total. The molecule has 5 heteroatoms. The highest BCUT2D eigenvalue weighted by Gasteiger charge is 2.12. The molecule has 0 saturated carbocycles. The maximum absolute atomic E-state index is 12.2. The van der Waals surface area contributed by atoms with E-state index in [1.165, 1.54) is 0 Å². The van der Waals surface area contributed by atoms with Gasteiger partial charge in [-0.3, -0.25) is 0 Å².